The number of carbonyl (C=O) groups is 1. The molecule has 0 spiro atoms. The van der Waals surface area contributed by atoms with Gasteiger partial charge in [0.1, 0.15) is 0 Å². The Morgan fingerprint density at radius 1 is 1.18 bits per heavy atom. The molecule has 1 fully saturated rings. The predicted molar refractivity (Wildman–Crippen MR) is 110 cm³/mol. The summed E-state index contributed by atoms with van der Waals surface area (Å²) in [6.45, 7) is 4.15. The molecule has 0 N–H and O–H groups in total. The van der Waals surface area contributed by atoms with Gasteiger partial charge in [-0.2, -0.15) is 0 Å². The maximum absolute atomic E-state index is 12.8. The van der Waals surface area contributed by atoms with E-state index in [1.54, 1.807) is 12.4 Å². The molecule has 1 saturated carbocycles. The molecule has 2 heterocycles. The van der Waals surface area contributed by atoms with E-state index < -0.39 is 0 Å². The van der Waals surface area contributed by atoms with Crippen LogP contribution in [-0.2, 0) is 4.79 Å². The number of aromatic nitrogens is 4. The van der Waals surface area contributed by atoms with Crippen LogP contribution in [0.1, 0.15) is 26.7 Å². The molecule has 1 aliphatic carbocycles. The molecule has 28 heavy (non-hydrogen) atoms. The first-order valence-electron chi connectivity index (χ1n) is 9.50. The highest BCUT2D eigenvalue weighted by atomic mass is 32.2. The van der Waals surface area contributed by atoms with Crippen molar-refractivity contribution in [2.24, 2.45) is 0 Å². The molecule has 144 valence electrons. The van der Waals surface area contributed by atoms with Crippen molar-refractivity contribution in [1.82, 2.24) is 24.6 Å². The van der Waals surface area contributed by atoms with E-state index in [9.17, 15) is 4.79 Å². The molecule has 6 nitrogen and oxygen atoms in total. The van der Waals surface area contributed by atoms with Crippen molar-refractivity contribution in [3.63, 3.8) is 0 Å². The van der Waals surface area contributed by atoms with Gasteiger partial charge in [-0.05, 0) is 51.0 Å². The van der Waals surface area contributed by atoms with Crippen LogP contribution >= 0.6 is 11.8 Å². The Balaban J connectivity index is 1.62. The third-order valence-corrected chi connectivity index (χ3v) is 5.59. The first kappa shape index (κ1) is 18.7. The summed E-state index contributed by atoms with van der Waals surface area (Å²) in [6, 6.07) is 14.4. The summed E-state index contributed by atoms with van der Waals surface area (Å²) in [6.07, 6.45) is 5.73. The summed E-state index contributed by atoms with van der Waals surface area (Å²) in [5.74, 6) is 1.23. The van der Waals surface area contributed by atoms with Crippen LogP contribution in [0.2, 0.25) is 0 Å². The van der Waals surface area contributed by atoms with Gasteiger partial charge in [0.15, 0.2) is 11.0 Å². The van der Waals surface area contributed by atoms with Gasteiger partial charge in [-0.15, -0.1) is 10.2 Å². The van der Waals surface area contributed by atoms with E-state index in [0.29, 0.717) is 17.0 Å². The SMILES string of the molecule is CC(C)N(C(=O)CSc1nnc(-c2cccnc2)n1-c1ccccc1)C1CC1. The van der Waals surface area contributed by atoms with E-state index in [1.807, 2.05) is 51.9 Å². The summed E-state index contributed by atoms with van der Waals surface area (Å²) in [5, 5.41) is 9.48. The number of nitrogens with zero attached hydrogens (tertiary/aromatic N) is 5. The molecule has 0 atom stereocenters. The second kappa shape index (κ2) is 8.14. The van der Waals surface area contributed by atoms with Gasteiger partial charge in [-0.25, -0.2) is 0 Å². The average molecular weight is 394 g/mol. The third-order valence-electron chi connectivity index (χ3n) is 4.68. The first-order chi connectivity index (χ1) is 13.6. The van der Waals surface area contributed by atoms with Crippen LogP contribution < -0.4 is 0 Å². The number of carbonyl (C=O) groups excluding carboxylic acids is 1. The smallest absolute Gasteiger partial charge is 0.233 e. The van der Waals surface area contributed by atoms with Crippen LogP contribution in [0.3, 0.4) is 0 Å². The number of thioether (sulfide) groups is 1. The van der Waals surface area contributed by atoms with Gasteiger partial charge >= 0.3 is 0 Å². The number of rotatable bonds is 7. The molecule has 1 amide bonds. The fourth-order valence-electron chi connectivity index (χ4n) is 3.32. The highest BCUT2D eigenvalue weighted by Crippen LogP contribution is 2.31. The highest BCUT2D eigenvalue weighted by Gasteiger charge is 2.34. The Bertz CT molecular complexity index is 936. The highest BCUT2D eigenvalue weighted by molar-refractivity contribution is 7.99. The molecule has 2 aromatic heterocycles. The molecular weight excluding hydrogens is 370 g/mol. The lowest BCUT2D eigenvalue weighted by Crippen LogP contribution is -2.39. The Hall–Kier alpha value is -2.67. The normalized spacial score (nSPS) is 13.7. The molecule has 0 bridgehead atoms. The minimum absolute atomic E-state index is 0.160. The number of amides is 1. The van der Waals surface area contributed by atoms with Gasteiger partial charge in [0.05, 0.1) is 5.75 Å². The summed E-state index contributed by atoms with van der Waals surface area (Å²) < 4.78 is 1.99. The summed E-state index contributed by atoms with van der Waals surface area (Å²) in [4.78, 5) is 19.0. The fraction of sp³-hybridized carbons (Fsp3) is 0.333. The van der Waals surface area contributed by atoms with Crippen LogP contribution in [0, 0.1) is 0 Å². The first-order valence-corrected chi connectivity index (χ1v) is 10.5. The second-order valence-electron chi connectivity index (χ2n) is 7.13. The van der Waals surface area contributed by atoms with Gasteiger partial charge < -0.3 is 4.90 Å². The second-order valence-corrected chi connectivity index (χ2v) is 8.08. The van der Waals surface area contributed by atoms with E-state index in [1.165, 1.54) is 11.8 Å². The van der Waals surface area contributed by atoms with Gasteiger partial charge in [-0.1, -0.05) is 30.0 Å². The van der Waals surface area contributed by atoms with Crippen molar-refractivity contribution in [3.05, 3.63) is 54.9 Å². The number of para-hydroxylation sites is 1. The van der Waals surface area contributed by atoms with E-state index in [-0.39, 0.29) is 11.9 Å². The lowest BCUT2D eigenvalue weighted by molar-refractivity contribution is -0.130. The van der Waals surface area contributed by atoms with Crippen LogP contribution in [-0.4, -0.2) is 48.4 Å². The Morgan fingerprint density at radius 3 is 2.61 bits per heavy atom. The minimum atomic E-state index is 0.160. The van der Waals surface area contributed by atoms with Crippen molar-refractivity contribution in [3.8, 4) is 17.1 Å². The van der Waals surface area contributed by atoms with Crippen molar-refractivity contribution >= 4 is 17.7 Å². The van der Waals surface area contributed by atoms with Gasteiger partial charge in [0, 0.05) is 35.7 Å². The predicted octanol–water partition coefficient (Wildman–Crippen LogP) is 3.82. The lowest BCUT2D eigenvalue weighted by Gasteiger charge is -2.26. The molecular formula is C21H23N5OS. The molecule has 0 unspecified atom stereocenters. The summed E-state index contributed by atoms with van der Waals surface area (Å²) >= 11 is 1.43. The average Bonchev–Trinajstić information content (AvgIpc) is 3.44. The van der Waals surface area contributed by atoms with Gasteiger partial charge in [0.2, 0.25) is 5.91 Å². The zero-order valence-corrected chi connectivity index (χ0v) is 16.8. The van der Waals surface area contributed by atoms with Gasteiger partial charge in [0.25, 0.3) is 0 Å². The fourth-order valence-corrected chi connectivity index (χ4v) is 4.14. The van der Waals surface area contributed by atoms with E-state index >= 15 is 0 Å². The minimum Gasteiger partial charge on any atom is -0.337 e. The third kappa shape index (κ3) is 3.94. The Kier molecular flexibility index (Phi) is 5.43. The molecule has 0 saturated heterocycles. The summed E-state index contributed by atoms with van der Waals surface area (Å²) in [5.41, 5.74) is 1.85. The molecule has 0 aliphatic heterocycles. The Labute approximate surface area is 169 Å². The molecule has 0 radical (unpaired) electrons. The van der Waals surface area contributed by atoms with Gasteiger partial charge in [-0.3, -0.25) is 14.3 Å². The van der Waals surface area contributed by atoms with E-state index in [4.69, 9.17) is 0 Å². The maximum atomic E-state index is 12.8. The van der Waals surface area contributed by atoms with Crippen molar-refractivity contribution in [1.29, 1.82) is 0 Å². The summed E-state index contributed by atoms with van der Waals surface area (Å²) in [7, 11) is 0. The monoisotopic (exact) mass is 393 g/mol. The lowest BCUT2D eigenvalue weighted by atomic mass is 10.2. The van der Waals surface area contributed by atoms with Crippen molar-refractivity contribution in [2.75, 3.05) is 5.75 Å². The number of benzene rings is 1. The zero-order valence-electron chi connectivity index (χ0n) is 16.0. The molecule has 1 aromatic carbocycles. The number of hydrogen-bond donors (Lipinski definition) is 0. The van der Waals surface area contributed by atoms with E-state index in [2.05, 4.69) is 29.0 Å². The quantitative estimate of drug-likeness (QED) is 0.571. The molecule has 1 aliphatic rings. The van der Waals surface area contributed by atoms with Crippen LogP contribution in [0.5, 0.6) is 0 Å². The van der Waals surface area contributed by atoms with Crippen molar-refractivity contribution in [2.45, 2.75) is 43.9 Å². The Morgan fingerprint density at radius 2 is 1.96 bits per heavy atom. The van der Waals surface area contributed by atoms with Crippen LogP contribution in [0.4, 0.5) is 0 Å². The maximum Gasteiger partial charge on any atom is 0.233 e. The molecule has 3 aromatic rings. The molecule has 4 rings (SSSR count). The largest absolute Gasteiger partial charge is 0.337 e. The van der Waals surface area contributed by atoms with E-state index in [0.717, 1.165) is 29.9 Å². The zero-order chi connectivity index (χ0) is 19.5. The van der Waals surface area contributed by atoms with Crippen LogP contribution in [0.25, 0.3) is 17.1 Å². The topological polar surface area (TPSA) is 63.9 Å². The van der Waals surface area contributed by atoms with Crippen molar-refractivity contribution < 1.29 is 4.79 Å². The number of pyridine rings is 1. The van der Waals surface area contributed by atoms with Crippen LogP contribution in [0.15, 0.2) is 60.0 Å². The standard InChI is InChI=1S/C21H23N5OS/c1-15(2)25(18-10-11-18)19(27)14-28-21-24-23-20(16-7-6-12-22-13-16)26(21)17-8-4-3-5-9-17/h3-9,12-13,15,18H,10-11,14H2,1-2H3. The molecule has 7 heteroatoms. The number of hydrogen-bond acceptors (Lipinski definition) is 5.